The number of hydrogen-bond donors (Lipinski definition) is 2. The Morgan fingerprint density at radius 2 is 2.22 bits per heavy atom. The quantitative estimate of drug-likeness (QED) is 0.793. The average Bonchev–Trinajstić information content (AvgIpc) is 2.28. The van der Waals surface area contributed by atoms with Crippen LogP contribution >= 0.6 is 11.6 Å². The molecule has 100 valence electrons. The third-order valence-electron chi connectivity index (χ3n) is 2.44. The standard InChI is InChI=1S/C12H18ClN3O2/c1-8(4-5-17)14-12(18)9-6-10(13)15-11(7-9)16(2)3/h6-8,17H,4-5H2,1-3H3,(H,14,18). The van der Waals surface area contributed by atoms with Gasteiger partial charge in [-0.1, -0.05) is 11.6 Å². The molecule has 5 nitrogen and oxygen atoms in total. The van der Waals surface area contributed by atoms with E-state index < -0.39 is 0 Å². The van der Waals surface area contributed by atoms with Gasteiger partial charge in [-0.25, -0.2) is 4.98 Å². The molecule has 0 aliphatic rings. The molecule has 1 aromatic rings. The van der Waals surface area contributed by atoms with Gasteiger partial charge in [-0.2, -0.15) is 0 Å². The second-order valence-corrected chi connectivity index (χ2v) is 4.71. The summed E-state index contributed by atoms with van der Waals surface area (Å²) < 4.78 is 0. The lowest BCUT2D eigenvalue weighted by molar-refractivity contribution is 0.0934. The minimum absolute atomic E-state index is 0.0432. The molecule has 0 radical (unpaired) electrons. The number of anilines is 1. The number of carbonyl (C=O) groups excluding carboxylic acids is 1. The molecule has 0 saturated carbocycles. The summed E-state index contributed by atoms with van der Waals surface area (Å²) >= 11 is 5.88. The van der Waals surface area contributed by atoms with Crippen LogP contribution in [0.25, 0.3) is 0 Å². The Bertz CT molecular complexity index is 424. The van der Waals surface area contributed by atoms with E-state index in [1.165, 1.54) is 6.07 Å². The van der Waals surface area contributed by atoms with Crippen LogP contribution in [0.1, 0.15) is 23.7 Å². The fourth-order valence-electron chi connectivity index (χ4n) is 1.42. The second kappa shape index (κ2) is 6.56. The predicted molar refractivity (Wildman–Crippen MR) is 72.2 cm³/mol. The molecule has 0 aromatic carbocycles. The van der Waals surface area contributed by atoms with Gasteiger partial charge in [0.25, 0.3) is 5.91 Å². The average molecular weight is 272 g/mol. The molecule has 18 heavy (non-hydrogen) atoms. The van der Waals surface area contributed by atoms with Gasteiger partial charge in [0.1, 0.15) is 11.0 Å². The van der Waals surface area contributed by atoms with E-state index in [1.807, 2.05) is 21.0 Å². The third-order valence-corrected chi connectivity index (χ3v) is 2.63. The number of aliphatic hydroxyl groups is 1. The summed E-state index contributed by atoms with van der Waals surface area (Å²) in [5, 5.41) is 11.9. The molecule has 1 amide bonds. The van der Waals surface area contributed by atoms with Gasteiger partial charge in [0.2, 0.25) is 0 Å². The lowest BCUT2D eigenvalue weighted by atomic mass is 10.2. The van der Waals surface area contributed by atoms with E-state index in [9.17, 15) is 4.79 Å². The highest BCUT2D eigenvalue weighted by Crippen LogP contribution is 2.16. The second-order valence-electron chi connectivity index (χ2n) is 4.32. The Morgan fingerprint density at radius 1 is 1.56 bits per heavy atom. The fourth-order valence-corrected chi connectivity index (χ4v) is 1.62. The fraction of sp³-hybridized carbons (Fsp3) is 0.500. The molecular weight excluding hydrogens is 254 g/mol. The Balaban J connectivity index is 2.85. The van der Waals surface area contributed by atoms with Gasteiger partial charge in [-0.15, -0.1) is 0 Å². The molecule has 0 fully saturated rings. The maximum Gasteiger partial charge on any atom is 0.251 e. The largest absolute Gasteiger partial charge is 0.396 e. The van der Waals surface area contributed by atoms with E-state index >= 15 is 0 Å². The van der Waals surface area contributed by atoms with E-state index in [0.717, 1.165) is 0 Å². The van der Waals surface area contributed by atoms with E-state index in [1.54, 1.807) is 11.0 Å². The predicted octanol–water partition coefficient (Wildman–Crippen LogP) is 1.30. The first-order valence-electron chi connectivity index (χ1n) is 5.70. The molecule has 0 spiro atoms. The molecule has 1 aromatic heterocycles. The SMILES string of the molecule is CC(CCO)NC(=O)c1cc(Cl)nc(N(C)C)c1. The maximum atomic E-state index is 12.0. The van der Waals surface area contributed by atoms with E-state index in [-0.39, 0.29) is 23.7 Å². The lowest BCUT2D eigenvalue weighted by Gasteiger charge is -2.15. The Morgan fingerprint density at radius 3 is 2.78 bits per heavy atom. The van der Waals surface area contributed by atoms with Gasteiger partial charge in [0.05, 0.1) is 0 Å². The first-order chi connectivity index (χ1) is 8.43. The van der Waals surface area contributed by atoms with Crippen LogP contribution in [0.15, 0.2) is 12.1 Å². The van der Waals surface area contributed by atoms with Crippen LogP contribution in [0.4, 0.5) is 5.82 Å². The van der Waals surface area contributed by atoms with Gasteiger partial charge >= 0.3 is 0 Å². The zero-order valence-electron chi connectivity index (χ0n) is 10.8. The van der Waals surface area contributed by atoms with Crippen molar-refractivity contribution in [3.05, 3.63) is 22.8 Å². The summed E-state index contributed by atoms with van der Waals surface area (Å²) in [5.41, 5.74) is 0.462. The number of nitrogens with zero attached hydrogens (tertiary/aromatic N) is 2. The highest BCUT2D eigenvalue weighted by molar-refractivity contribution is 6.29. The zero-order valence-corrected chi connectivity index (χ0v) is 11.5. The number of hydrogen-bond acceptors (Lipinski definition) is 4. The molecular formula is C12H18ClN3O2. The summed E-state index contributed by atoms with van der Waals surface area (Å²) in [6.45, 7) is 1.88. The number of carbonyl (C=O) groups is 1. The molecule has 0 aliphatic carbocycles. The van der Waals surface area contributed by atoms with Crippen molar-refractivity contribution in [2.75, 3.05) is 25.6 Å². The van der Waals surface area contributed by atoms with Crippen molar-refractivity contribution in [2.24, 2.45) is 0 Å². The van der Waals surface area contributed by atoms with Gasteiger partial charge in [0, 0.05) is 32.3 Å². The molecule has 0 saturated heterocycles. The van der Waals surface area contributed by atoms with Crippen molar-refractivity contribution in [3.8, 4) is 0 Å². The van der Waals surface area contributed by atoms with Crippen molar-refractivity contribution in [1.29, 1.82) is 0 Å². The molecule has 1 heterocycles. The lowest BCUT2D eigenvalue weighted by Crippen LogP contribution is -2.33. The molecule has 2 N–H and O–H groups in total. The van der Waals surface area contributed by atoms with Crippen molar-refractivity contribution in [3.63, 3.8) is 0 Å². The molecule has 1 rings (SSSR count). The Hall–Kier alpha value is -1.33. The van der Waals surface area contributed by atoms with Crippen molar-refractivity contribution in [2.45, 2.75) is 19.4 Å². The summed E-state index contributed by atoms with van der Waals surface area (Å²) in [4.78, 5) is 17.8. The van der Waals surface area contributed by atoms with Crippen molar-refractivity contribution < 1.29 is 9.90 Å². The van der Waals surface area contributed by atoms with Crippen LogP contribution in [-0.2, 0) is 0 Å². The van der Waals surface area contributed by atoms with Crippen LogP contribution in [0, 0.1) is 0 Å². The van der Waals surface area contributed by atoms with Crippen LogP contribution in [-0.4, -0.2) is 42.7 Å². The summed E-state index contributed by atoms with van der Waals surface area (Å²) in [7, 11) is 3.66. The van der Waals surface area contributed by atoms with Gasteiger partial charge < -0.3 is 15.3 Å². The van der Waals surface area contributed by atoms with Gasteiger partial charge in [-0.05, 0) is 25.5 Å². The van der Waals surface area contributed by atoms with Crippen molar-refractivity contribution >= 4 is 23.3 Å². The maximum absolute atomic E-state index is 12.0. The normalized spacial score (nSPS) is 12.1. The zero-order chi connectivity index (χ0) is 13.7. The number of aromatic nitrogens is 1. The third kappa shape index (κ3) is 4.16. The summed E-state index contributed by atoms with van der Waals surface area (Å²) in [5.74, 6) is 0.408. The van der Waals surface area contributed by atoms with E-state index in [0.29, 0.717) is 17.8 Å². The highest BCUT2D eigenvalue weighted by atomic mass is 35.5. The van der Waals surface area contributed by atoms with Gasteiger partial charge in [-0.3, -0.25) is 4.79 Å². The summed E-state index contributed by atoms with van der Waals surface area (Å²) in [6.07, 6.45) is 0.519. The number of nitrogens with one attached hydrogen (secondary N) is 1. The Labute approximate surface area is 112 Å². The van der Waals surface area contributed by atoms with Crippen LogP contribution in [0.2, 0.25) is 5.15 Å². The number of amides is 1. The molecule has 6 heteroatoms. The van der Waals surface area contributed by atoms with Gasteiger partial charge in [0.15, 0.2) is 0 Å². The Kier molecular flexibility index (Phi) is 5.37. The molecule has 1 unspecified atom stereocenters. The first-order valence-corrected chi connectivity index (χ1v) is 6.08. The smallest absolute Gasteiger partial charge is 0.251 e. The number of aliphatic hydroxyl groups excluding tert-OH is 1. The van der Waals surface area contributed by atoms with E-state index in [2.05, 4.69) is 10.3 Å². The minimum Gasteiger partial charge on any atom is -0.396 e. The first kappa shape index (κ1) is 14.7. The number of halogens is 1. The van der Waals surface area contributed by atoms with Crippen LogP contribution < -0.4 is 10.2 Å². The molecule has 0 aliphatic heterocycles. The van der Waals surface area contributed by atoms with Crippen LogP contribution in [0.5, 0.6) is 0 Å². The molecule has 0 bridgehead atoms. The summed E-state index contributed by atoms with van der Waals surface area (Å²) in [6, 6.07) is 3.11. The van der Waals surface area contributed by atoms with Crippen molar-refractivity contribution in [1.82, 2.24) is 10.3 Å². The molecule has 1 atom stereocenters. The minimum atomic E-state index is -0.219. The van der Waals surface area contributed by atoms with Crippen LogP contribution in [0.3, 0.4) is 0 Å². The highest BCUT2D eigenvalue weighted by Gasteiger charge is 2.12. The number of rotatable bonds is 5. The van der Waals surface area contributed by atoms with E-state index in [4.69, 9.17) is 16.7 Å². The number of pyridine rings is 1. The topological polar surface area (TPSA) is 65.5 Å². The monoisotopic (exact) mass is 271 g/mol.